The number of aromatic nitrogens is 1. The summed E-state index contributed by atoms with van der Waals surface area (Å²) in [6, 6.07) is 9.52. The average Bonchev–Trinajstić information content (AvgIpc) is 2.46. The summed E-state index contributed by atoms with van der Waals surface area (Å²) in [5.41, 5.74) is 0.799. The van der Waals surface area contributed by atoms with Gasteiger partial charge in [0.1, 0.15) is 5.69 Å². The molecule has 0 atom stereocenters. The highest BCUT2D eigenvalue weighted by Crippen LogP contribution is 2.25. The maximum atomic E-state index is 12.0. The molecule has 0 amide bonds. The molecule has 6 nitrogen and oxygen atoms in total. The van der Waals surface area contributed by atoms with Crippen molar-refractivity contribution < 1.29 is 14.5 Å². The molecule has 0 unspecified atom stereocenters. The predicted octanol–water partition coefficient (Wildman–Crippen LogP) is 3.21. The van der Waals surface area contributed by atoms with Crippen LogP contribution in [-0.2, 0) is 0 Å². The quantitative estimate of drug-likeness (QED) is 0.481. The molecule has 0 saturated heterocycles. The van der Waals surface area contributed by atoms with Crippen molar-refractivity contribution in [3.8, 4) is 5.75 Å². The number of hydrogen-bond donors (Lipinski definition) is 0. The molecule has 0 bridgehead atoms. The number of pyridine rings is 1. The third-order valence-electron chi connectivity index (χ3n) is 2.68. The molecule has 0 N–H and O–H groups in total. The number of carbonyl (C=O) groups excluding carboxylic acids is 1. The molecule has 1 aromatic carbocycles. The van der Waals surface area contributed by atoms with Crippen LogP contribution in [0.5, 0.6) is 5.75 Å². The largest absolute Gasteiger partial charge is 0.477 e. The van der Waals surface area contributed by atoms with Gasteiger partial charge >= 0.3 is 5.82 Å². The molecule has 0 aliphatic carbocycles. The van der Waals surface area contributed by atoms with E-state index in [0.717, 1.165) is 0 Å². The maximum Gasteiger partial charge on any atom is 0.406 e. The van der Waals surface area contributed by atoms with Gasteiger partial charge in [-0.25, -0.2) is 0 Å². The molecule has 0 saturated carbocycles. The number of carbonyl (C=O) groups is 1. The van der Waals surface area contributed by atoms with Crippen LogP contribution in [0.15, 0.2) is 36.4 Å². The second-order valence-electron chi connectivity index (χ2n) is 4.22. The van der Waals surface area contributed by atoms with Crippen molar-refractivity contribution in [1.82, 2.24) is 4.98 Å². The van der Waals surface area contributed by atoms with E-state index in [9.17, 15) is 14.9 Å². The van der Waals surface area contributed by atoms with Gasteiger partial charge in [0.2, 0.25) is 11.5 Å². The Labute approximate surface area is 125 Å². The standard InChI is InChI=1S/C14H11ClN2O4/c1-9-6-7-13(14(16-9)17(19)20)21-8-12(18)10-4-2-3-5-11(10)15/h2-7H,8H2,1H3. The molecule has 0 radical (unpaired) electrons. The molecule has 0 aliphatic heterocycles. The third kappa shape index (κ3) is 3.55. The molecular weight excluding hydrogens is 296 g/mol. The number of nitro groups is 1. The lowest BCUT2D eigenvalue weighted by atomic mass is 10.1. The minimum Gasteiger partial charge on any atom is -0.477 e. The van der Waals surface area contributed by atoms with E-state index < -0.39 is 10.7 Å². The van der Waals surface area contributed by atoms with Crippen molar-refractivity contribution in [3.05, 3.63) is 62.8 Å². The number of aryl methyl sites for hydroxylation is 1. The lowest BCUT2D eigenvalue weighted by Crippen LogP contribution is -2.13. The second kappa shape index (κ2) is 6.32. The van der Waals surface area contributed by atoms with E-state index in [-0.39, 0.29) is 18.1 Å². The number of Topliss-reactive ketones (excluding diaryl/α,β-unsaturated/α-hetero) is 1. The van der Waals surface area contributed by atoms with Gasteiger partial charge < -0.3 is 14.9 Å². The molecule has 7 heteroatoms. The molecule has 1 heterocycles. The highest BCUT2D eigenvalue weighted by Gasteiger charge is 2.19. The summed E-state index contributed by atoms with van der Waals surface area (Å²) in [4.78, 5) is 26.0. The molecule has 1 aromatic heterocycles. The van der Waals surface area contributed by atoms with Crippen molar-refractivity contribution >= 4 is 23.2 Å². The summed E-state index contributed by atoms with van der Waals surface area (Å²) in [7, 11) is 0. The number of rotatable bonds is 5. The Morgan fingerprint density at radius 2 is 2.05 bits per heavy atom. The summed E-state index contributed by atoms with van der Waals surface area (Å²) in [6.07, 6.45) is 0. The van der Waals surface area contributed by atoms with Gasteiger partial charge in [-0.05, 0) is 34.2 Å². The van der Waals surface area contributed by atoms with E-state index in [1.807, 2.05) is 0 Å². The fraction of sp³-hybridized carbons (Fsp3) is 0.143. The Bertz CT molecular complexity index is 703. The number of hydrogen-bond acceptors (Lipinski definition) is 5. The van der Waals surface area contributed by atoms with E-state index in [2.05, 4.69) is 4.98 Å². The van der Waals surface area contributed by atoms with Crippen LogP contribution < -0.4 is 4.74 Å². The van der Waals surface area contributed by atoms with Crippen molar-refractivity contribution in [2.45, 2.75) is 6.92 Å². The van der Waals surface area contributed by atoms with Crippen LogP contribution in [0.2, 0.25) is 5.02 Å². The van der Waals surface area contributed by atoms with E-state index in [1.54, 1.807) is 37.3 Å². The number of halogens is 1. The van der Waals surface area contributed by atoms with E-state index in [0.29, 0.717) is 16.3 Å². The first-order valence-corrected chi connectivity index (χ1v) is 6.39. The highest BCUT2D eigenvalue weighted by molar-refractivity contribution is 6.34. The van der Waals surface area contributed by atoms with Gasteiger partial charge in [-0.3, -0.25) is 4.79 Å². The van der Waals surface area contributed by atoms with Crippen molar-refractivity contribution in [3.63, 3.8) is 0 Å². The van der Waals surface area contributed by atoms with Gasteiger partial charge in [-0.2, -0.15) is 0 Å². The zero-order valence-corrected chi connectivity index (χ0v) is 11.8. The first-order valence-electron chi connectivity index (χ1n) is 6.01. The fourth-order valence-corrected chi connectivity index (χ4v) is 1.92. The summed E-state index contributed by atoms with van der Waals surface area (Å²) in [6.45, 7) is 1.28. The van der Waals surface area contributed by atoms with Gasteiger partial charge in [0.25, 0.3) is 0 Å². The minimum absolute atomic E-state index is 0.0500. The molecule has 0 aliphatic rings. The number of benzene rings is 1. The summed E-state index contributed by atoms with van der Waals surface area (Å²) in [5.74, 6) is -0.830. The monoisotopic (exact) mass is 306 g/mol. The van der Waals surface area contributed by atoms with Crippen molar-refractivity contribution in [2.75, 3.05) is 6.61 Å². The van der Waals surface area contributed by atoms with Crippen molar-refractivity contribution in [1.29, 1.82) is 0 Å². The topological polar surface area (TPSA) is 82.3 Å². The van der Waals surface area contributed by atoms with E-state index >= 15 is 0 Å². The summed E-state index contributed by atoms with van der Waals surface area (Å²) >= 11 is 5.91. The maximum absolute atomic E-state index is 12.0. The summed E-state index contributed by atoms with van der Waals surface area (Å²) in [5, 5.41) is 11.2. The lowest BCUT2D eigenvalue weighted by Gasteiger charge is -2.07. The van der Waals surface area contributed by atoms with Gasteiger partial charge in [-0.15, -0.1) is 0 Å². The van der Waals surface area contributed by atoms with E-state index in [1.165, 1.54) is 6.07 Å². The van der Waals surface area contributed by atoms with Crippen LogP contribution >= 0.6 is 11.6 Å². The van der Waals surface area contributed by atoms with Crippen LogP contribution in [0, 0.1) is 17.0 Å². The molecule has 0 fully saturated rings. The Kier molecular flexibility index (Phi) is 4.49. The third-order valence-corrected chi connectivity index (χ3v) is 3.01. The number of ketones is 1. The first-order chi connectivity index (χ1) is 9.99. The molecule has 2 rings (SSSR count). The fourth-order valence-electron chi connectivity index (χ4n) is 1.68. The molecule has 108 valence electrons. The number of nitrogens with zero attached hydrogens (tertiary/aromatic N) is 2. The Hall–Kier alpha value is -2.47. The zero-order valence-electron chi connectivity index (χ0n) is 11.1. The zero-order chi connectivity index (χ0) is 15.4. The molecular formula is C14H11ClN2O4. The molecule has 0 spiro atoms. The molecule has 21 heavy (non-hydrogen) atoms. The van der Waals surface area contributed by atoms with Crippen LogP contribution in [-0.4, -0.2) is 22.3 Å². The Morgan fingerprint density at radius 1 is 1.33 bits per heavy atom. The average molecular weight is 307 g/mol. The second-order valence-corrected chi connectivity index (χ2v) is 4.63. The van der Waals surface area contributed by atoms with Crippen LogP contribution in [0.25, 0.3) is 0 Å². The SMILES string of the molecule is Cc1ccc(OCC(=O)c2ccccc2Cl)c([N+](=O)[O-])n1. The lowest BCUT2D eigenvalue weighted by molar-refractivity contribution is -0.390. The normalized spacial score (nSPS) is 10.2. The van der Waals surface area contributed by atoms with Gasteiger partial charge in [-0.1, -0.05) is 23.7 Å². The highest BCUT2D eigenvalue weighted by atomic mass is 35.5. The first kappa shape index (κ1) is 14.9. The van der Waals surface area contributed by atoms with E-state index in [4.69, 9.17) is 16.3 Å². The van der Waals surface area contributed by atoms with Gasteiger partial charge in [0.05, 0.1) is 5.02 Å². The Morgan fingerprint density at radius 3 is 2.71 bits per heavy atom. The number of ether oxygens (including phenoxy) is 1. The molecule has 2 aromatic rings. The Balaban J connectivity index is 2.15. The van der Waals surface area contributed by atoms with Crippen LogP contribution in [0.3, 0.4) is 0 Å². The van der Waals surface area contributed by atoms with Gasteiger partial charge in [0, 0.05) is 12.5 Å². The van der Waals surface area contributed by atoms with Crippen LogP contribution in [0.1, 0.15) is 16.1 Å². The van der Waals surface area contributed by atoms with Crippen LogP contribution in [0.4, 0.5) is 5.82 Å². The predicted molar refractivity (Wildman–Crippen MR) is 76.9 cm³/mol. The smallest absolute Gasteiger partial charge is 0.406 e. The van der Waals surface area contributed by atoms with Crippen molar-refractivity contribution in [2.24, 2.45) is 0 Å². The van der Waals surface area contributed by atoms with Gasteiger partial charge in [0.15, 0.2) is 6.61 Å². The summed E-state index contributed by atoms with van der Waals surface area (Å²) < 4.78 is 5.21. The minimum atomic E-state index is -0.650.